The first-order chi connectivity index (χ1) is 13.5. The molecule has 1 aliphatic rings. The number of likely N-dealkylation sites (tertiary alicyclic amines) is 1. The van der Waals surface area contributed by atoms with Crippen molar-refractivity contribution in [2.45, 2.75) is 39.2 Å². The van der Waals surface area contributed by atoms with Gasteiger partial charge in [-0.2, -0.15) is 4.98 Å². The average Bonchev–Trinajstić information content (AvgIpc) is 2.97. The predicted octanol–water partition coefficient (Wildman–Crippen LogP) is 3.20. The molecule has 3 heterocycles. The Hall–Kier alpha value is -2.89. The van der Waals surface area contributed by atoms with Crippen LogP contribution in [0.5, 0.6) is 5.88 Å². The van der Waals surface area contributed by atoms with E-state index < -0.39 is 0 Å². The highest BCUT2D eigenvalue weighted by molar-refractivity contribution is 5.89. The van der Waals surface area contributed by atoms with Crippen molar-refractivity contribution in [2.75, 3.05) is 13.1 Å². The molecule has 0 bridgehead atoms. The number of fused-ring (bicyclic) bond motifs is 1. The molecule has 6 nitrogen and oxygen atoms in total. The summed E-state index contributed by atoms with van der Waals surface area (Å²) in [5.41, 5.74) is 3.12. The standard InChI is InChI=1S/C22H26N4O2/c1-15-11-21(24-16(2)23-15)28-18-7-6-10-26(14-18)22(27)12-17-13-25(3)20-9-5-4-8-19(17)20/h4-5,8-9,11,13,18H,6-7,10,12,14H2,1-3H3. The fraction of sp³-hybridized carbons (Fsp3) is 0.409. The van der Waals surface area contributed by atoms with Crippen molar-refractivity contribution in [3.8, 4) is 5.88 Å². The van der Waals surface area contributed by atoms with Crippen LogP contribution < -0.4 is 4.74 Å². The second-order valence-corrected chi connectivity index (χ2v) is 7.58. The van der Waals surface area contributed by atoms with Gasteiger partial charge in [-0.3, -0.25) is 4.79 Å². The molecule has 0 saturated carbocycles. The van der Waals surface area contributed by atoms with Gasteiger partial charge in [0.2, 0.25) is 11.8 Å². The molecule has 4 rings (SSSR count). The minimum atomic E-state index is -0.0288. The lowest BCUT2D eigenvalue weighted by atomic mass is 10.1. The number of rotatable bonds is 4. The van der Waals surface area contributed by atoms with Gasteiger partial charge in [-0.1, -0.05) is 18.2 Å². The van der Waals surface area contributed by atoms with Crippen LogP contribution in [0.4, 0.5) is 0 Å². The van der Waals surface area contributed by atoms with Gasteiger partial charge in [0.15, 0.2) is 0 Å². The number of hydrogen-bond acceptors (Lipinski definition) is 4. The summed E-state index contributed by atoms with van der Waals surface area (Å²) in [7, 11) is 2.02. The second-order valence-electron chi connectivity index (χ2n) is 7.58. The van der Waals surface area contributed by atoms with Gasteiger partial charge in [0.05, 0.1) is 13.0 Å². The summed E-state index contributed by atoms with van der Waals surface area (Å²) < 4.78 is 8.16. The molecule has 28 heavy (non-hydrogen) atoms. The molecule has 1 aromatic carbocycles. The Labute approximate surface area is 165 Å². The Kier molecular flexibility index (Phi) is 5.03. The molecular weight excluding hydrogens is 352 g/mol. The zero-order chi connectivity index (χ0) is 19.7. The summed E-state index contributed by atoms with van der Waals surface area (Å²) >= 11 is 0. The molecule has 1 atom stereocenters. The molecule has 0 spiro atoms. The maximum atomic E-state index is 13.0. The third-order valence-corrected chi connectivity index (χ3v) is 5.28. The van der Waals surface area contributed by atoms with Crippen molar-refractivity contribution in [3.63, 3.8) is 0 Å². The maximum Gasteiger partial charge on any atom is 0.227 e. The molecule has 3 aromatic rings. The lowest BCUT2D eigenvalue weighted by Crippen LogP contribution is -2.45. The molecule has 0 aliphatic carbocycles. The monoisotopic (exact) mass is 378 g/mol. The van der Waals surface area contributed by atoms with Crippen LogP contribution in [0.3, 0.4) is 0 Å². The number of aromatic nitrogens is 3. The third kappa shape index (κ3) is 3.86. The number of ether oxygens (including phenoxy) is 1. The Bertz CT molecular complexity index is 991. The third-order valence-electron chi connectivity index (χ3n) is 5.28. The van der Waals surface area contributed by atoms with E-state index in [2.05, 4.69) is 32.9 Å². The van der Waals surface area contributed by atoms with Crippen LogP contribution >= 0.6 is 0 Å². The summed E-state index contributed by atoms with van der Waals surface area (Å²) in [5.74, 6) is 1.45. The number of aryl methyl sites for hydroxylation is 3. The fourth-order valence-corrected chi connectivity index (χ4v) is 4.02. The molecule has 6 heteroatoms. The van der Waals surface area contributed by atoms with Crippen LogP contribution in [0.1, 0.15) is 29.9 Å². The predicted molar refractivity (Wildman–Crippen MR) is 108 cm³/mol. The molecule has 1 aliphatic heterocycles. The number of benzene rings is 1. The number of para-hydroxylation sites is 1. The number of carbonyl (C=O) groups is 1. The van der Waals surface area contributed by atoms with Gasteiger partial charge in [0.25, 0.3) is 0 Å². The van der Waals surface area contributed by atoms with Gasteiger partial charge in [-0.05, 0) is 38.3 Å². The summed E-state index contributed by atoms with van der Waals surface area (Å²) in [4.78, 5) is 23.5. The van der Waals surface area contributed by atoms with Crippen LogP contribution in [0.2, 0.25) is 0 Å². The first kappa shape index (κ1) is 18.5. The smallest absolute Gasteiger partial charge is 0.227 e. The van der Waals surface area contributed by atoms with Crippen molar-refractivity contribution in [2.24, 2.45) is 7.05 Å². The van der Waals surface area contributed by atoms with Crippen LogP contribution in [-0.4, -0.2) is 44.5 Å². The van der Waals surface area contributed by atoms with Crippen LogP contribution in [0.15, 0.2) is 36.5 Å². The lowest BCUT2D eigenvalue weighted by Gasteiger charge is -2.32. The van der Waals surface area contributed by atoms with Crippen molar-refractivity contribution in [1.82, 2.24) is 19.4 Å². The molecule has 1 amide bonds. The number of piperidine rings is 1. The molecule has 1 saturated heterocycles. The number of hydrogen-bond donors (Lipinski definition) is 0. The van der Waals surface area contributed by atoms with E-state index in [9.17, 15) is 4.79 Å². The quantitative estimate of drug-likeness (QED) is 0.700. The topological polar surface area (TPSA) is 60.2 Å². The summed E-state index contributed by atoms with van der Waals surface area (Å²) in [6, 6.07) is 10.1. The van der Waals surface area contributed by atoms with E-state index in [1.165, 1.54) is 0 Å². The van der Waals surface area contributed by atoms with Crippen molar-refractivity contribution >= 4 is 16.8 Å². The van der Waals surface area contributed by atoms with Crippen molar-refractivity contribution < 1.29 is 9.53 Å². The van der Waals surface area contributed by atoms with E-state index in [0.717, 1.165) is 41.5 Å². The first-order valence-corrected chi connectivity index (χ1v) is 9.79. The van der Waals surface area contributed by atoms with E-state index in [1.807, 2.05) is 44.0 Å². The van der Waals surface area contributed by atoms with Crippen LogP contribution in [-0.2, 0) is 18.3 Å². The Balaban J connectivity index is 1.44. The van der Waals surface area contributed by atoms with Gasteiger partial charge in [0, 0.05) is 42.5 Å². The maximum absolute atomic E-state index is 13.0. The Morgan fingerprint density at radius 3 is 2.89 bits per heavy atom. The molecule has 1 fully saturated rings. The molecular formula is C22H26N4O2. The average molecular weight is 378 g/mol. The largest absolute Gasteiger partial charge is 0.472 e. The summed E-state index contributed by atoms with van der Waals surface area (Å²) in [6.07, 6.45) is 4.32. The van der Waals surface area contributed by atoms with E-state index in [1.54, 1.807) is 0 Å². The number of nitrogens with zero attached hydrogens (tertiary/aromatic N) is 4. The Morgan fingerprint density at radius 1 is 1.25 bits per heavy atom. The first-order valence-electron chi connectivity index (χ1n) is 9.79. The number of carbonyl (C=O) groups excluding carboxylic acids is 1. The zero-order valence-corrected chi connectivity index (χ0v) is 16.7. The Morgan fingerprint density at radius 2 is 2.07 bits per heavy atom. The highest BCUT2D eigenvalue weighted by Crippen LogP contribution is 2.23. The molecule has 0 N–H and O–H groups in total. The van der Waals surface area contributed by atoms with E-state index in [-0.39, 0.29) is 12.0 Å². The van der Waals surface area contributed by atoms with E-state index >= 15 is 0 Å². The van der Waals surface area contributed by atoms with Gasteiger partial charge >= 0.3 is 0 Å². The normalized spacial score (nSPS) is 17.1. The minimum absolute atomic E-state index is 0.0288. The van der Waals surface area contributed by atoms with Gasteiger partial charge in [-0.15, -0.1) is 0 Å². The lowest BCUT2D eigenvalue weighted by molar-refractivity contribution is -0.133. The minimum Gasteiger partial charge on any atom is -0.472 e. The number of amides is 1. The SMILES string of the molecule is Cc1cc(OC2CCCN(C(=O)Cc3cn(C)c4ccccc34)C2)nc(C)n1. The fourth-order valence-electron chi connectivity index (χ4n) is 4.02. The highest BCUT2D eigenvalue weighted by Gasteiger charge is 2.26. The highest BCUT2D eigenvalue weighted by atomic mass is 16.5. The van der Waals surface area contributed by atoms with Crippen LogP contribution in [0, 0.1) is 13.8 Å². The summed E-state index contributed by atoms with van der Waals surface area (Å²) in [6.45, 7) is 5.18. The molecule has 0 radical (unpaired) electrons. The van der Waals surface area contributed by atoms with Crippen molar-refractivity contribution in [3.05, 3.63) is 53.6 Å². The van der Waals surface area contributed by atoms with Gasteiger partial charge in [-0.25, -0.2) is 4.98 Å². The zero-order valence-electron chi connectivity index (χ0n) is 16.7. The second kappa shape index (κ2) is 7.62. The van der Waals surface area contributed by atoms with E-state index in [0.29, 0.717) is 24.7 Å². The van der Waals surface area contributed by atoms with Gasteiger partial charge < -0.3 is 14.2 Å². The summed E-state index contributed by atoms with van der Waals surface area (Å²) in [5, 5.41) is 1.15. The molecule has 1 unspecified atom stereocenters. The molecule has 2 aromatic heterocycles. The van der Waals surface area contributed by atoms with Gasteiger partial charge in [0.1, 0.15) is 11.9 Å². The van der Waals surface area contributed by atoms with Crippen molar-refractivity contribution in [1.29, 1.82) is 0 Å². The van der Waals surface area contributed by atoms with E-state index in [4.69, 9.17) is 4.74 Å². The van der Waals surface area contributed by atoms with Crippen LogP contribution in [0.25, 0.3) is 10.9 Å². The molecule has 146 valence electrons.